The molecular weight excluding hydrogens is 524 g/mol. The molecule has 2 N–H and O–H groups in total. The largest absolute Gasteiger partial charge is 0.508 e. The smallest absolute Gasteiger partial charge is 0.115 e. The van der Waals surface area contributed by atoms with Crippen LogP contribution in [0.25, 0.3) is 11.1 Å². The number of hydrogen-bond donors (Lipinski definition) is 2. The zero-order valence-corrected chi connectivity index (χ0v) is 29.9. The van der Waals surface area contributed by atoms with Gasteiger partial charge in [0.25, 0.3) is 0 Å². The van der Waals surface area contributed by atoms with E-state index in [1.807, 2.05) is 93.5 Å². The molecule has 0 radical (unpaired) electrons. The summed E-state index contributed by atoms with van der Waals surface area (Å²) in [5.74, 6) is 0.644. The predicted molar refractivity (Wildman–Crippen MR) is 203 cm³/mol. The van der Waals surface area contributed by atoms with Gasteiger partial charge < -0.3 is 10.2 Å². The van der Waals surface area contributed by atoms with Crippen LogP contribution in [-0.4, -0.2) is 10.2 Å². The van der Waals surface area contributed by atoms with Crippen molar-refractivity contribution >= 4 is 0 Å². The normalized spacial score (nSPS) is 7.02. The van der Waals surface area contributed by atoms with Gasteiger partial charge >= 0.3 is 0 Å². The van der Waals surface area contributed by atoms with Crippen molar-refractivity contribution in [2.75, 3.05) is 0 Å². The molecular formula is C41H72O2. The monoisotopic (exact) mass is 597 g/mol. The van der Waals surface area contributed by atoms with Crippen molar-refractivity contribution in [3.8, 4) is 22.6 Å². The fourth-order valence-corrected chi connectivity index (χ4v) is 2.12. The topological polar surface area (TPSA) is 40.5 Å². The van der Waals surface area contributed by atoms with E-state index in [0.717, 1.165) is 0 Å². The number of phenols is 2. The van der Waals surface area contributed by atoms with Crippen LogP contribution < -0.4 is 0 Å². The first-order valence-corrected chi connectivity index (χ1v) is 16.2. The SMILES string of the molecule is C.CC.CC.CC.CC.CC.CCC.CCC.Oc1ccccc1.Oc1ccccc1.c1ccc(-c2ccccc2)cc1. The maximum absolute atomic E-state index is 8.63. The quantitative estimate of drug-likeness (QED) is 0.229. The van der Waals surface area contributed by atoms with E-state index >= 15 is 0 Å². The van der Waals surface area contributed by atoms with Crippen LogP contribution in [0.4, 0.5) is 0 Å². The molecule has 4 aromatic carbocycles. The van der Waals surface area contributed by atoms with Crippen LogP contribution in [0.2, 0.25) is 0 Å². The Balaban J connectivity index is -0.0000000742. The molecule has 0 heterocycles. The lowest BCUT2D eigenvalue weighted by molar-refractivity contribution is 0.475. The van der Waals surface area contributed by atoms with Gasteiger partial charge in [-0.3, -0.25) is 0 Å². The minimum absolute atomic E-state index is 0. The molecule has 0 atom stereocenters. The first-order chi connectivity index (χ1) is 20.6. The van der Waals surface area contributed by atoms with Gasteiger partial charge in [-0.05, 0) is 35.4 Å². The Kier molecular flexibility index (Phi) is 75.0. The van der Waals surface area contributed by atoms with E-state index in [0.29, 0.717) is 11.5 Å². The minimum Gasteiger partial charge on any atom is -0.508 e. The standard InChI is InChI=1S/C12H10.2C6H6O.2C3H8.5C2H6.CH4/c1-3-7-11(8-4-1)12-9-5-2-6-10-12;2*7-6-4-2-1-3-5-6;2*1-3-2;5*1-2;/h1-10H;2*1-5,7H;2*3H2,1-2H3;5*1-2H3;1H4. The molecule has 0 aliphatic carbocycles. The summed E-state index contributed by atoms with van der Waals surface area (Å²) in [6.07, 6.45) is 2.50. The van der Waals surface area contributed by atoms with Crippen molar-refractivity contribution < 1.29 is 10.2 Å². The van der Waals surface area contributed by atoms with Crippen LogP contribution in [-0.2, 0) is 0 Å². The first kappa shape index (κ1) is 55.4. The molecule has 0 aromatic heterocycles. The number of hydrogen-bond acceptors (Lipinski definition) is 2. The zero-order valence-electron chi connectivity index (χ0n) is 29.9. The Bertz CT molecular complexity index is 785. The molecule has 43 heavy (non-hydrogen) atoms. The Morgan fingerprint density at radius 1 is 0.326 bits per heavy atom. The highest BCUT2D eigenvalue weighted by Gasteiger charge is 1.91. The zero-order chi connectivity index (χ0) is 33.9. The summed E-state index contributed by atoms with van der Waals surface area (Å²) in [5, 5.41) is 17.3. The van der Waals surface area contributed by atoms with E-state index in [1.54, 1.807) is 48.5 Å². The van der Waals surface area contributed by atoms with Crippen molar-refractivity contribution in [2.24, 2.45) is 0 Å². The molecule has 0 amide bonds. The van der Waals surface area contributed by atoms with Crippen molar-refractivity contribution in [1.82, 2.24) is 0 Å². The van der Waals surface area contributed by atoms with E-state index < -0.39 is 0 Å². The van der Waals surface area contributed by atoms with Crippen LogP contribution in [0, 0.1) is 0 Å². The third-order valence-corrected chi connectivity index (χ3v) is 3.39. The highest BCUT2D eigenvalue weighted by atomic mass is 16.3. The van der Waals surface area contributed by atoms with Crippen LogP contribution in [0.3, 0.4) is 0 Å². The van der Waals surface area contributed by atoms with Gasteiger partial charge in [0.15, 0.2) is 0 Å². The molecule has 0 aliphatic heterocycles. The molecule has 0 unspecified atom stereocenters. The average Bonchev–Trinajstić information content (AvgIpc) is 3.09. The van der Waals surface area contributed by atoms with Gasteiger partial charge in [0.1, 0.15) is 11.5 Å². The third kappa shape index (κ3) is 48.5. The number of benzene rings is 4. The van der Waals surface area contributed by atoms with Crippen LogP contribution in [0.5, 0.6) is 11.5 Å². The first-order valence-electron chi connectivity index (χ1n) is 16.2. The third-order valence-electron chi connectivity index (χ3n) is 3.39. The lowest BCUT2D eigenvalue weighted by Crippen LogP contribution is -1.73. The Morgan fingerprint density at radius 3 is 0.581 bits per heavy atom. The van der Waals surface area contributed by atoms with E-state index in [4.69, 9.17) is 10.2 Å². The number of aromatic hydroxyl groups is 2. The van der Waals surface area contributed by atoms with Gasteiger partial charge in [0.2, 0.25) is 0 Å². The van der Waals surface area contributed by atoms with Crippen molar-refractivity contribution in [2.45, 2.75) is 117 Å². The molecule has 0 fully saturated rings. The summed E-state index contributed by atoms with van der Waals surface area (Å²) >= 11 is 0. The average molecular weight is 597 g/mol. The van der Waals surface area contributed by atoms with Crippen molar-refractivity contribution in [3.63, 3.8) is 0 Å². The second kappa shape index (κ2) is 58.2. The van der Waals surface area contributed by atoms with E-state index in [1.165, 1.54) is 24.0 Å². The van der Waals surface area contributed by atoms with Gasteiger partial charge in [0, 0.05) is 0 Å². The van der Waals surface area contributed by atoms with Crippen molar-refractivity contribution in [1.29, 1.82) is 0 Å². The molecule has 2 heteroatoms. The van der Waals surface area contributed by atoms with Gasteiger partial charge in [0.05, 0.1) is 0 Å². The molecule has 0 aliphatic rings. The highest BCUT2D eigenvalue weighted by molar-refractivity contribution is 5.62. The number of para-hydroxylation sites is 2. The van der Waals surface area contributed by atoms with E-state index in [2.05, 4.69) is 76.2 Å². The maximum atomic E-state index is 8.63. The number of rotatable bonds is 1. The molecule has 2 nitrogen and oxygen atoms in total. The molecule has 0 saturated heterocycles. The molecule has 4 rings (SSSR count). The summed E-state index contributed by atoms with van der Waals surface area (Å²) in [6.45, 7) is 28.5. The molecule has 248 valence electrons. The molecule has 0 bridgehead atoms. The predicted octanol–water partition coefficient (Wildman–Crippen LogP) is 14.7. The van der Waals surface area contributed by atoms with Gasteiger partial charge in [-0.15, -0.1) is 0 Å². The van der Waals surface area contributed by atoms with E-state index in [9.17, 15) is 0 Å². The van der Waals surface area contributed by atoms with Crippen LogP contribution in [0.1, 0.15) is 117 Å². The Morgan fingerprint density at radius 2 is 0.465 bits per heavy atom. The lowest BCUT2D eigenvalue weighted by atomic mass is 10.1. The summed E-state index contributed by atoms with van der Waals surface area (Å²) in [5.41, 5.74) is 2.55. The highest BCUT2D eigenvalue weighted by Crippen LogP contribution is 2.17. The van der Waals surface area contributed by atoms with Crippen LogP contribution in [0.15, 0.2) is 121 Å². The fourth-order valence-electron chi connectivity index (χ4n) is 2.12. The second-order valence-electron chi connectivity index (χ2n) is 6.82. The lowest BCUT2D eigenvalue weighted by Gasteiger charge is -1.98. The summed E-state index contributed by atoms with van der Waals surface area (Å²) < 4.78 is 0. The second-order valence-corrected chi connectivity index (χ2v) is 6.82. The van der Waals surface area contributed by atoms with Crippen molar-refractivity contribution in [3.05, 3.63) is 121 Å². The molecule has 0 spiro atoms. The van der Waals surface area contributed by atoms with Gasteiger partial charge in [-0.25, -0.2) is 0 Å². The van der Waals surface area contributed by atoms with Gasteiger partial charge in [-0.2, -0.15) is 0 Å². The Labute approximate surface area is 270 Å². The maximum Gasteiger partial charge on any atom is 0.115 e. The molecule has 4 aromatic rings. The minimum atomic E-state index is 0. The summed E-state index contributed by atoms with van der Waals surface area (Å²) in [6, 6.07) is 38.2. The van der Waals surface area contributed by atoms with Crippen LogP contribution >= 0.6 is 0 Å². The Hall–Kier alpha value is -3.52. The fraction of sp³-hybridized carbons (Fsp3) is 0.415. The molecule has 0 saturated carbocycles. The van der Waals surface area contributed by atoms with Gasteiger partial charge in [-0.1, -0.05) is 214 Å². The number of phenolic OH excluding ortho intramolecular Hbond substituents is 2. The summed E-state index contributed by atoms with van der Waals surface area (Å²) in [7, 11) is 0. The van der Waals surface area contributed by atoms with E-state index in [-0.39, 0.29) is 7.43 Å². The summed E-state index contributed by atoms with van der Waals surface area (Å²) in [4.78, 5) is 0.